The van der Waals surface area contributed by atoms with Gasteiger partial charge in [0.15, 0.2) is 0 Å². The number of amides is 1. The second kappa shape index (κ2) is 7.94. The number of hydrogen-bond donors (Lipinski definition) is 1. The molecule has 2 rings (SSSR count). The molecular formula is C17H24N2O3. The van der Waals surface area contributed by atoms with Crippen LogP contribution in [0.2, 0.25) is 0 Å². The highest BCUT2D eigenvalue weighted by Crippen LogP contribution is 2.19. The van der Waals surface area contributed by atoms with Crippen molar-refractivity contribution in [1.29, 1.82) is 0 Å². The third kappa shape index (κ3) is 4.31. The number of hydrogen-bond acceptors (Lipinski definition) is 4. The van der Waals surface area contributed by atoms with Crippen molar-refractivity contribution in [2.24, 2.45) is 0 Å². The minimum atomic E-state index is -0.378. The zero-order valence-electron chi connectivity index (χ0n) is 13.3. The number of methoxy groups -OCH3 is 1. The highest BCUT2D eigenvalue weighted by Gasteiger charge is 2.22. The second-order valence-electron chi connectivity index (χ2n) is 5.65. The smallest absolute Gasteiger partial charge is 0.337 e. The number of esters is 1. The topological polar surface area (TPSA) is 58.6 Å². The summed E-state index contributed by atoms with van der Waals surface area (Å²) in [6, 6.07) is 7.25. The SMILES string of the molecule is CCC1CCCCN1CC(=O)Nc1ccc(C(=O)OC)cc1. The fourth-order valence-corrected chi connectivity index (χ4v) is 2.92. The summed E-state index contributed by atoms with van der Waals surface area (Å²) in [5.74, 6) is -0.386. The molecule has 120 valence electrons. The first-order chi connectivity index (χ1) is 10.6. The predicted molar refractivity (Wildman–Crippen MR) is 85.9 cm³/mol. The van der Waals surface area contributed by atoms with Crippen molar-refractivity contribution in [2.45, 2.75) is 38.6 Å². The summed E-state index contributed by atoms with van der Waals surface area (Å²) < 4.78 is 4.65. The highest BCUT2D eigenvalue weighted by molar-refractivity contribution is 5.94. The molecule has 0 aliphatic carbocycles. The van der Waals surface area contributed by atoms with Crippen LogP contribution < -0.4 is 5.32 Å². The van der Waals surface area contributed by atoms with Crippen LogP contribution in [0, 0.1) is 0 Å². The van der Waals surface area contributed by atoms with E-state index in [-0.39, 0.29) is 11.9 Å². The number of rotatable bonds is 5. The van der Waals surface area contributed by atoms with Crippen LogP contribution in [0.4, 0.5) is 5.69 Å². The molecule has 1 atom stereocenters. The van der Waals surface area contributed by atoms with Crippen molar-refractivity contribution in [3.63, 3.8) is 0 Å². The van der Waals surface area contributed by atoms with E-state index in [0.29, 0.717) is 23.8 Å². The van der Waals surface area contributed by atoms with Crippen LogP contribution in [-0.4, -0.2) is 43.0 Å². The summed E-state index contributed by atoms with van der Waals surface area (Å²) in [7, 11) is 1.35. The van der Waals surface area contributed by atoms with Crippen LogP contribution in [0.25, 0.3) is 0 Å². The lowest BCUT2D eigenvalue weighted by Crippen LogP contribution is -2.43. The minimum Gasteiger partial charge on any atom is -0.465 e. The normalized spacial score (nSPS) is 18.7. The molecule has 0 radical (unpaired) electrons. The maximum Gasteiger partial charge on any atom is 0.337 e. The Balaban J connectivity index is 1.90. The standard InChI is InChI=1S/C17H24N2O3/c1-3-15-6-4-5-11-19(15)12-16(20)18-14-9-7-13(8-10-14)17(21)22-2/h7-10,15H,3-6,11-12H2,1-2H3,(H,18,20). The monoisotopic (exact) mass is 304 g/mol. The number of carbonyl (C=O) groups excluding carboxylic acids is 2. The fourth-order valence-electron chi connectivity index (χ4n) is 2.92. The van der Waals surface area contributed by atoms with Crippen LogP contribution in [-0.2, 0) is 9.53 Å². The molecule has 1 unspecified atom stereocenters. The lowest BCUT2D eigenvalue weighted by Gasteiger charge is -2.34. The van der Waals surface area contributed by atoms with Gasteiger partial charge in [0.25, 0.3) is 0 Å². The van der Waals surface area contributed by atoms with Gasteiger partial charge in [0, 0.05) is 11.7 Å². The number of nitrogens with zero attached hydrogens (tertiary/aromatic N) is 1. The summed E-state index contributed by atoms with van der Waals surface area (Å²) in [4.78, 5) is 25.8. The fraction of sp³-hybridized carbons (Fsp3) is 0.529. The third-order valence-electron chi connectivity index (χ3n) is 4.16. The Morgan fingerprint density at radius 1 is 1.27 bits per heavy atom. The van der Waals surface area contributed by atoms with Crippen molar-refractivity contribution in [1.82, 2.24) is 4.90 Å². The van der Waals surface area contributed by atoms with Crippen molar-refractivity contribution >= 4 is 17.6 Å². The average molecular weight is 304 g/mol. The lowest BCUT2D eigenvalue weighted by molar-refractivity contribution is -0.118. The molecule has 1 aliphatic heterocycles. The molecule has 22 heavy (non-hydrogen) atoms. The number of carbonyl (C=O) groups is 2. The van der Waals surface area contributed by atoms with Gasteiger partial charge in [0.1, 0.15) is 0 Å². The summed E-state index contributed by atoms with van der Waals surface area (Å²) in [6.07, 6.45) is 4.68. The zero-order chi connectivity index (χ0) is 15.9. The van der Waals surface area contributed by atoms with E-state index in [0.717, 1.165) is 19.4 Å². The zero-order valence-corrected chi connectivity index (χ0v) is 13.3. The number of likely N-dealkylation sites (tertiary alicyclic amines) is 1. The molecule has 0 bridgehead atoms. The third-order valence-corrected chi connectivity index (χ3v) is 4.16. The Morgan fingerprint density at radius 2 is 2.00 bits per heavy atom. The molecule has 5 heteroatoms. The molecule has 1 fully saturated rings. The van der Waals surface area contributed by atoms with Gasteiger partial charge < -0.3 is 10.1 Å². The van der Waals surface area contributed by atoms with Crippen LogP contribution in [0.15, 0.2) is 24.3 Å². The first-order valence-electron chi connectivity index (χ1n) is 7.86. The summed E-state index contributed by atoms with van der Waals surface area (Å²) in [5.41, 5.74) is 1.17. The molecule has 1 N–H and O–H groups in total. The molecule has 1 aromatic carbocycles. The minimum absolute atomic E-state index is 0.00818. The van der Waals surface area contributed by atoms with Gasteiger partial charge in [0.05, 0.1) is 19.2 Å². The largest absolute Gasteiger partial charge is 0.465 e. The van der Waals surface area contributed by atoms with E-state index in [2.05, 4.69) is 21.9 Å². The van der Waals surface area contributed by atoms with Crippen LogP contribution in [0.5, 0.6) is 0 Å². The molecular weight excluding hydrogens is 280 g/mol. The van der Waals surface area contributed by atoms with Gasteiger partial charge in [0.2, 0.25) is 5.91 Å². The molecule has 1 aromatic rings. The van der Waals surface area contributed by atoms with Gasteiger partial charge in [-0.25, -0.2) is 4.79 Å². The van der Waals surface area contributed by atoms with Crippen LogP contribution in [0.3, 0.4) is 0 Å². The molecule has 0 saturated carbocycles. The van der Waals surface area contributed by atoms with E-state index in [4.69, 9.17) is 0 Å². The van der Waals surface area contributed by atoms with Gasteiger partial charge in [-0.05, 0) is 50.1 Å². The molecule has 0 spiro atoms. The number of piperidine rings is 1. The Labute approximate surface area is 131 Å². The lowest BCUT2D eigenvalue weighted by atomic mass is 10.00. The Hall–Kier alpha value is -1.88. The summed E-state index contributed by atoms with van der Waals surface area (Å²) in [5, 5.41) is 2.89. The molecule has 1 amide bonds. The molecule has 1 saturated heterocycles. The van der Waals surface area contributed by atoms with Gasteiger partial charge in [-0.3, -0.25) is 9.69 Å². The highest BCUT2D eigenvalue weighted by atomic mass is 16.5. The van der Waals surface area contributed by atoms with E-state index in [1.807, 2.05) is 0 Å². The van der Waals surface area contributed by atoms with Gasteiger partial charge in [-0.2, -0.15) is 0 Å². The first-order valence-corrected chi connectivity index (χ1v) is 7.86. The van der Waals surface area contributed by atoms with E-state index < -0.39 is 0 Å². The quantitative estimate of drug-likeness (QED) is 0.850. The van der Waals surface area contributed by atoms with Crippen LogP contribution in [0.1, 0.15) is 43.0 Å². The van der Waals surface area contributed by atoms with Crippen molar-refractivity contribution in [3.8, 4) is 0 Å². The number of ether oxygens (including phenoxy) is 1. The second-order valence-corrected chi connectivity index (χ2v) is 5.65. The number of benzene rings is 1. The number of anilines is 1. The van der Waals surface area contributed by atoms with Gasteiger partial charge >= 0.3 is 5.97 Å². The van der Waals surface area contributed by atoms with Crippen molar-refractivity contribution in [2.75, 3.05) is 25.5 Å². The maximum absolute atomic E-state index is 12.2. The van der Waals surface area contributed by atoms with E-state index in [9.17, 15) is 9.59 Å². The Kier molecular flexibility index (Phi) is 5.95. The van der Waals surface area contributed by atoms with E-state index in [1.165, 1.54) is 20.0 Å². The Morgan fingerprint density at radius 3 is 2.64 bits per heavy atom. The van der Waals surface area contributed by atoms with E-state index in [1.54, 1.807) is 24.3 Å². The molecule has 5 nitrogen and oxygen atoms in total. The molecule has 0 aromatic heterocycles. The van der Waals surface area contributed by atoms with Gasteiger partial charge in [-0.15, -0.1) is 0 Å². The first kappa shape index (κ1) is 16.5. The maximum atomic E-state index is 12.2. The average Bonchev–Trinajstić information content (AvgIpc) is 2.55. The Bertz CT molecular complexity index is 513. The summed E-state index contributed by atoms with van der Waals surface area (Å²) in [6.45, 7) is 3.59. The van der Waals surface area contributed by atoms with Gasteiger partial charge in [-0.1, -0.05) is 13.3 Å². The van der Waals surface area contributed by atoms with Crippen LogP contribution >= 0.6 is 0 Å². The summed E-state index contributed by atoms with van der Waals surface area (Å²) >= 11 is 0. The molecule has 1 heterocycles. The number of nitrogens with one attached hydrogen (secondary N) is 1. The molecule has 1 aliphatic rings. The predicted octanol–water partition coefficient (Wildman–Crippen LogP) is 2.68. The van der Waals surface area contributed by atoms with E-state index >= 15 is 0 Å². The van der Waals surface area contributed by atoms with Crippen molar-refractivity contribution in [3.05, 3.63) is 29.8 Å². The van der Waals surface area contributed by atoms with Crippen molar-refractivity contribution < 1.29 is 14.3 Å².